The van der Waals surface area contributed by atoms with Gasteiger partial charge in [-0.15, -0.1) is 0 Å². The van der Waals surface area contributed by atoms with Gasteiger partial charge in [0.05, 0.1) is 6.10 Å². The van der Waals surface area contributed by atoms with Crippen LogP contribution in [0.15, 0.2) is 24.3 Å². The van der Waals surface area contributed by atoms with Gasteiger partial charge in [0.25, 0.3) is 0 Å². The van der Waals surface area contributed by atoms with E-state index in [0.29, 0.717) is 6.61 Å². The van der Waals surface area contributed by atoms with Gasteiger partial charge in [0.15, 0.2) is 0 Å². The highest BCUT2D eigenvalue weighted by Gasteiger charge is 2.18. The first-order chi connectivity index (χ1) is 7.19. The average Bonchev–Trinajstić information content (AvgIpc) is 2.26. The molecule has 0 amide bonds. The molecule has 0 aliphatic rings. The first kappa shape index (κ1) is 12.2. The summed E-state index contributed by atoms with van der Waals surface area (Å²) in [5, 5.41) is 0. The van der Waals surface area contributed by atoms with E-state index in [4.69, 9.17) is 10.5 Å². The van der Waals surface area contributed by atoms with Crippen LogP contribution in [0.4, 0.5) is 0 Å². The second kappa shape index (κ2) is 5.89. The van der Waals surface area contributed by atoms with E-state index in [2.05, 4.69) is 38.1 Å². The summed E-state index contributed by atoms with van der Waals surface area (Å²) in [6, 6.07) is 8.48. The Bertz CT molecular complexity index is 281. The van der Waals surface area contributed by atoms with E-state index in [1.165, 1.54) is 11.1 Å². The van der Waals surface area contributed by atoms with Crippen molar-refractivity contribution in [1.82, 2.24) is 0 Å². The van der Waals surface area contributed by atoms with Crippen LogP contribution in [0, 0.1) is 6.92 Å². The Balaban J connectivity index is 2.83. The molecule has 15 heavy (non-hydrogen) atoms. The molecule has 2 heteroatoms. The van der Waals surface area contributed by atoms with Gasteiger partial charge >= 0.3 is 0 Å². The van der Waals surface area contributed by atoms with E-state index in [-0.39, 0.29) is 12.1 Å². The lowest BCUT2D eigenvalue weighted by Crippen LogP contribution is -2.29. The van der Waals surface area contributed by atoms with Gasteiger partial charge in [0.1, 0.15) is 0 Å². The smallest absolute Gasteiger partial charge is 0.0975 e. The second-order valence-corrected chi connectivity index (χ2v) is 3.86. The van der Waals surface area contributed by atoms with Gasteiger partial charge in [-0.1, -0.05) is 36.8 Å². The number of aryl methyl sites for hydroxylation is 1. The summed E-state index contributed by atoms with van der Waals surface area (Å²) < 4.78 is 5.70. The Hall–Kier alpha value is -0.860. The van der Waals surface area contributed by atoms with Crippen molar-refractivity contribution in [2.45, 2.75) is 39.3 Å². The lowest BCUT2D eigenvalue weighted by molar-refractivity contribution is 0.0424. The molecular weight excluding hydrogens is 186 g/mol. The molecular formula is C13H21NO. The Kier molecular flexibility index (Phi) is 4.79. The van der Waals surface area contributed by atoms with Gasteiger partial charge in [-0.05, 0) is 25.8 Å². The van der Waals surface area contributed by atoms with E-state index in [1.807, 2.05) is 6.92 Å². The van der Waals surface area contributed by atoms with Gasteiger partial charge < -0.3 is 10.5 Å². The zero-order valence-corrected chi connectivity index (χ0v) is 9.86. The summed E-state index contributed by atoms with van der Waals surface area (Å²) in [6.45, 7) is 6.87. The lowest BCUT2D eigenvalue weighted by atomic mass is 10.00. The highest BCUT2D eigenvalue weighted by molar-refractivity contribution is 5.24. The highest BCUT2D eigenvalue weighted by Crippen LogP contribution is 2.22. The molecule has 2 atom stereocenters. The van der Waals surface area contributed by atoms with Gasteiger partial charge in [0, 0.05) is 12.6 Å². The minimum absolute atomic E-state index is 0.0283. The van der Waals surface area contributed by atoms with E-state index in [1.54, 1.807) is 0 Å². The normalized spacial score (nSPS) is 14.9. The standard InChI is InChI=1S/C13H21NO/c1-4-12(14)13(15-5-2)11-8-6-10(3)7-9-11/h6-9,12-13H,4-5,14H2,1-3H3. The monoisotopic (exact) mass is 207 g/mol. The van der Waals surface area contributed by atoms with Crippen molar-refractivity contribution in [3.05, 3.63) is 35.4 Å². The van der Waals surface area contributed by atoms with Crippen molar-refractivity contribution in [3.63, 3.8) is 0 Å². The zero-order valence-electron chi connectivity index (χ0n) is 9.86. The van der Waals surface area contributed by atoms with Crippen molar-refractivity contribution in [1.29, 1.82) is 0 Å². The van der Waals surface area contributed by atoms with Crippen molar-refractivity contribution in [2.75, 3.05) is 6.61 Å². The van der Waals surface area contributed by atoms with Crippen LogP contribution in [0.2, 0.25) is 0 Å². The summed E-state index contributed by atoms with van der Waals surface area (Å²) in [4.78, 5) is 0. The molecule has 1 rings (SSSR count). The Morgan fingerprint density at radius 1 is 1.20 bits per heavy atom. The third-order valence-electron chi connectivity index (χ3n) is 2.61. The van der Waals surface area contributed by atoms with Gasteiger partial charge in [-0.25, -0.2) is 0 Å². The molecule has 0 aromatic heterocycles. The Morgan fingerprint density at radius 3 is 2.27 bits per heavy atom. The quantitative estimate of drug-likeness (QED) is 0.805. The first-order valence-corrected chi connectivity index (χ1v) is 5.62. The molecule has 0 spiro atoms. The molecule has 0 radical (unpaired) electrons. The van der Waals surface area contributed by atoms with Crippen LogP contribution in [0.3, 0.4) is 0 Å². The molecule has 1 aromatic carbocycles. The van der Waals surface area contributed by atoms with Crippen LogP contribution in [0.25, 0.3) is 0 Å². The van der Waals surface area contributed by atoms with Gasteiger partial charge in [-0.2, -0.15) is 0 Å². The summed E-state index contributed by atoms with van der Waals surface area (Å²) >= 11 is 0. The molecule has 0 saturated heterocycles. The number of hydrogen-bond donors (Lipinski definition) is 1. The number of rotatable bonds is 5. The summed E-state index contributed by atoms with van der Waals surface area (Å²) in [5.74, 6) is 0. The molecule has 2 N–H and O–H groups in total. The molecule has 1 aromatic rings. The fourth-order valence-electron chi connectivity index (χ4n) is 1.62. The SMILES string of the molecule is CCOC(c1ccc(C)cc1)C(N)CC. The molecule has 0 saturated carbocycles. The van der Waals surface area contributed by atoms with Crippen LogP contribution in [-0.2, 0) is 4.74 Å². The Labute approximate surface area is 92.4 Å². The minimum Gasteiger partial charge on any atom is -0.372 e. The van der Waals surface area contributed by atoms with Gasteiger partial charge in [-0.3, -0.25) is 0 Å². The van der Waals surface area contributed by atoms with E-state index < -0.39 is 0 Å². The summed E-state index contributed by atoms with van der Waals surface area (Å²) in [7, 11) is 0. The molecule has 0 bridgehead atoms. The van der Waals surface area contributed by atoms with E-state index in [9.17, 15) is 0 Å². The van der Waals surface area contributed by atoms with E-state index >= 15 is 0 Å². The van der Waals surface area contributed by atoms with Crippen LogP contribution < -0.4 is 5.73 Å². The predicted octanol–water partition coefficient (Wildman–Crippen LogP) is 2.81. The summed E-state index contributed by atoms with van der Waals surface area (Å²) in [6.07, 6.45) is 0.957. The molecule has 0 fully saturated rings. The van der Waals surface area contributed by atoms with Gasteiger partial charge in [0.2, 0.25) is 0 Å². The maximum absolute atomic E-state index is 6.05. The lowest BCUT2D eigenvalue weighted by Gasteiger charge is -2.23. The fourth-order valence-corrected chi connectivity index (χ4v) is 1.62. The largest absolute Gasteiger partial charge is 0.372 e. The zero-order chi connectivity index (χ0) is 11.3. The first-order valence-electron chi connectivity index (χ1n) is 5.62. The number of nitrogens with two attached hydrogens (primary N) is 1. The topological polar surface area (TPSA) is 35.2 Å². The molecule has 2 nitrogen and oxygen atoms in total. The molecule has 0 aliphatic carbocycles. The van der Waals surface area contributed by atoms with Crippen molar-refractivity contribution < 1.29 is 4.74 Å². The number of benzene rings is 1. The van der Waals surface area contributed by atoms with Crippen LogP contribution >= 0.6 is 0 Å². The predicted molar refractivity (Wildman–Crippen MR) is 63.8 cm³/mol. The van der Waals surface area contributed by atoms with Crippen molar-refractivity contribution in [2.24, 2.45) is 5.73 Å². The van der Waals surface area contributed by atoms with Crippen LogP contribution in [0.1, 0.15) is 37.5 Å². The van der Waals surface area contributed by atoms with Crippen LogP contribution in [-0.4, -0.2) is 12.6 Å². The highest BCUT2D eigenvalue weighted by atomic mass is 16.5. The number of ether oxygens (including phenoxy) is 1. The fraction of sp³-hybridized carbons (Fsp3) is 0.538. The Morgan fingerprint density at radius 2 is 1.80 bits per heavy atom. The van der Waals surface area contributed by atoms with Crippen molar-refractivity contribution >= 4 is 0 Å². The maximum Gasteiger partial charge on any atom is 0.0975 e. The number of hydrogen-bond acceptors (Lipinski definition) is 2. The third kappa shape index (κ3) is 3.33. The molecule has 0 heterocycles. The molecule has 0 aliphatic heterocycles. The third-order valence-corrected chi connectivity index (χ3v) is 2.61. The van der Waals surface area contributed by atoms with Crippen LogP contribution in [0.5, 0.6) is 0 Å². The average molecular weight is 207 g/mol. The summed E-state index contributed by atoms with van der Waals surface area (Å²) in [5.41, 5.74) is 8.49. The van der Waals surface area contributed by atoms with E-state index in [0.717, 1.165) is 6.42 Å². The molecule has 2 unspecified atom stereocenters. The second-order valence-electron chi connectivity index (χ2n) is 3.86. The molecule has 84 valence electrons. The maximum atomic E-state index is 6.05. The van der Waals surface area contributed by atoms with Crippen molar-refractivity contribution in [3.8, 4) is 0 Å². The minimum atomic E-state index is 0.0283.